The van der Waals surface area contributed by atoms with Crippen molar-refractivity contribution in [2.24, 2.45) is 7.05 Å². The summed E-state index contributed by atoms with van der Waals surface area (Å²) >= 11 is 0. The van der Waals surface area contributed by atoms with Gasteiger partial charge < -0.3 is 0 Å². The Morgan fingerprint density at radius 1 is 1.78 bits per heavy atom. The Bertz CT molecular complexity index is 183. The van der Waals surface area contributed by atoms with Gasteiger partial charge in [-0.25, -0.2) is 4.57 Å². The van der Waals surface area contributed by atoms with E-state index in [1.807, 2.05) is 24.0 Å². The van der Waals surface area contributed by atoms with Gasteiger partial charge in [0.1, 0.15) is 6.20 Å². The molecule has 0 aliphatic heterocycles. The quantitative estimate of drug-likeness (QED) is 0.403. The molecule has 1 rings (SSSR count). The number of hydrogen-bond acceptors (Lipinski definition) is 1. The zero-order valence-corrected chi connectivity index (χ0v) is 5.83. The second-order valence-corrected chi connectivity index (χ2v) is 2.09. The zero-order valence-electron chi connectivity index (χ0n) is 5.83. The van der Waals surface area contributed by atoms with Crippen LogP contribution in [0.2, 0.25) is 0 Å². The van der Waals surface area contributed by atoms with Crippen molar-refractivity contribution < 1.29 is 4.57 Å². The molecule has 0 aliphatic rings. The lowest BCUT2D eigenvalue weighted by Crippen LogP contribution is -2.33. The predicted molar refractivity (Wildman–Crippen MR) is 35.1 cm³/mol. The van der Waals surface area contributed by atoms with E-state index in [0.29, 0.717) is 0 Å². The van der Waals surface area contributed by atoms with Gasteiger partial charge in [-0.3, -0.25) is 5.84 Å². The second kappa shape index (κ2) is 2.09. The number of nitrogens with zero attached hydrogens (tertiary/aromatic N) is 2. The van der Waals surface area contributed by atoms with Crippen LogP contribution in [0.1, 0.15) is 12.7 Å². The SMILES string of the molecule is CCc1n(N)cc[n+]1C. The van der Waals surface area contributed by atoms with Crippen LogP contribution in [0, 0.1) is 0 Å². The Hall–Kier alpha value is -0.990. The highest BCUT2D eigenvalue weighted by molar-refractivity contribution is 4.81. The highest BCUT2D eigenvalue weighted by Crippen LogP contribution is 1.87. The van der Waals surface area contributed by atoms with E-state index < -0.39 is 0 Å². The number of nitrogen functional groups attached to an aromatic ring is 1. The number of aromatic nitrogens is 2. The first-order valence-electron chi connectivity index (χ1n) is 3.06. The molecule has 0 spiro atoms. The van der Waals surface area contributed by atoms with Crippen LogP contribution in [-0.2, 0) is 13.5 Å². The average Bonchev–Trinajstić information content (AvgIpc) is 2.12. The monoisotopic (exact) mass is 126 g/mol. The molecule has 0 saturated carbocycles. The molecule has 1 heterocycles. The predicted octanol–water partition coefficient (Wildman–Crippen LogP) is -0.411. The van der Waals surface area contributed by atoms with Crippen LogP contribution in [0.4, 0.5) is 0 Å². The largest absolute Gasteiger partial charge is 0.279 e. The molecule has 0 saturated heterocycles. The molecule has 50 valence electrons. The van der Waals surface area contributed by atoms with Gasteiger partial charge in [0, 0.05) is 6.42 Å². The smallest absolute Gasteiger partial charge is 0.269 e. The van der Waals surface area contributed by atoms with Gasteiger partial charge in [0.2, 0.25) is 0 Å². The molecule has 3 heteroatoms. The van der Waals surface area contributed by atoms with Crippen LogP contribution in [-0.4, -0.2) is 4.68 Å². The van der Waals surface area contributed by atoms with Gasteiger partial charge in [-0.2, -0.15) is 0 Å². The van der Waals surface area contributed by atoms with Crippen LogP contribution >= 0.6 is 0 Å². The molecule has 0 fully saturated rings. The van der Waals surface area contributed by atoms with E-state index >= 15 is 0 Å². The molecule has 1 aromatic rings. The number of aryl methyl sites for hydroxylation is 1. The van der Waals surface area contributed by atoms with E-state index in [0.717, 1.165) is 12.2 Å². The number of rotatable bonds is 1. The van der Waals surface area contributed by atoms with Crippen molar-refractivity contribution in [3.05, 3.63) is 18.2 Å². The first-order chi connectivity index (χ1) is 4.25. The topological polar surface area (TPSA) is 34.8 Å². The van der Waals surface area contributed by atoms with Crippen molar-refractivity contribution >= 4 is 0 Å². The van der Waals surface area contributed by atoms with E-state index in [4.69, 9.17) is 5.84 Å². The molecule has 0 atom stereocenters. The summed E-state index contributed by atoms with van der Waals surface area (Å²) in [6, 6.07) is 0. The summed E-state index contributed by atoms with van der Waals surface area (Å²) < 4.78 is 3.65. The van der Waals surface area contributed by atoms with Crippen molar-refractivity contribution in [2.45, 2.75) is 13.3 Å². The molecule has 0 aliphatic carbocycles. The summed E-state index contributed by atoms with van der Waals surface area (Å²) in [4.78, 5) is 0. The van der Waals surface area contributed by atoms with Gasteiger partial charge in [0.15, 0.2) is 6.20 Å². The Morgan fingerprint density at radius 2 is 2.44 bits per heavy atom. The molecule has 2 N–H and O–H groups in total. The van der Waals surface area contributed by atoms with Crippen molar-refractivity contribution in [1.82, 2.24) is 4.68 Å². The fourth-order valence-corrected chi connectivity index (χ4v) is 0.958. The van der Waals surface area contributed by atoms with Gasteiger partial charge in [0.25, 0.3) is 5.82 Å². The van der Waals surface area contributed by atoms with E-state index in [9.17, 15) is 0 Å². The standard InChI is InChI=1S/C6H12N3/c1-3-6-8(2)4-5-9(6)7/h4-5H,3,7H2,1-2H3/q+1. The van der Waals surface area contributed by atoms with Crippen molar-refractivity contribution in [2.75, 3.05) is 5.84 Å². The maximum Gasteiger partial charge on any atom is 0.279 e. The maximum atomic E-state index is 5.55. The molecule has 1 aromatic heterocycles. The lowest BCUT2D eigenvalue weighted by Gasteiger charge is -1.89. The fraction of sp³-hybridized carbons (Fsp3) is 0.500. The Morgan fingerprint density at radius 3 is 2.67 bits per heavy atom. The molecule has 9 heavy (non-hydrogen) atoms. The maximum absolute atomic E-state index is 5.55. The highest BCUT2D eigenvalue weighted by Gasteiger charge is 2.07. The van der Waals surface area contributed by atoms with Crippen LogP contribution < -0.4 is 10.4 Å². The molecule has 0 unspecified atom stereocenters. The molecule has 0 aromatic carbocycles. The molecule has 0 radical (unpaired) electrons. The average molecular weight is 126 g/mol. The Balaban J connectivity index is 3.07. The summed E-state index contributed by atoms with van der Waals surface area (Å²) in [5.41, 5.74) is 0. The Kier molecular flexibility index (Phi) is 1.42. The first-order valence-corrected chi connectivity index (χ1v) is 3.06. The van der Waals surface area contributed by atoms with Crippen LogP contribution in [0.3, 0.4) is 0 Å². The van der Waals surface area contributed by atoms with Crippen LogP contribution in [0.5, 0.6) is 0 Å². The number of nitrogens with two attached hydrogens (primary N) is 1. The van der Waals surface area contributed by atoms with E-state index in [1.165, 1.54) is 0 Å². The molecular formula is C6H12N3+. The fourth-order valence-electron chi connectivity index (χ4n) is 0.958. The first kappa shape index (κ1) is 6.13. The van der Waals surface area contributed by atoms with Crippen LogP contribution in [0.25, 0.3) is 0 Å². The third-order valence-corrected chi connectivity index (χ3v) is 1.47. The van der Waals surface area contributed by atoms with Gasteiger partial charge in [-0.05, 0) is 0 Å². The summed E-state index contributed by atoms with van der Waals surface area (Å²) in [5.74, 6) is 6.68. The van der Waals surface area contributed by atoms with Crippen molar-refractivity contribution in [3.63, 3.8) is 0 Å². The minimum Gasteiger partial charge on any atom is -0.269 e. The molecule has 0 amide bonds. The summed E-state index contributed by atoms with van der Waals surface area (Å²) in [7, 11) is 1.99. The Labute approximate surface area is 54.7 Å². The third-order valence-electron chi connectivity index (χ3n) is 1.47. The normalized spacial score (nSPS) is 10.0. The lowest BCUT2D eigenvalue weighted by atomic mass is 10.5. The third kappa shape index (κ3) is 0.896. The van der Waals surface area contributed by atoms with E-state index in [2.05, 4.69) is 6.92 Å². The second-order valence-electron chi connectivity index (χ2n) is 2.09. The minimum atomic E-state index is 0.972. The molecule has 3 nitrogen and oxygen atoms in total. The van der Waals surface area contributed by atoms with Gasteiger partial charge in [-0.1, -0.05) is 6.92 Å². The summed E-state index contributed by atoms with van der Waals surface area (Å²) in [6.45, 7) is 2.08. The number of imidazole rings is 1. The zero-order chi connectivity index (χ0) is 6.85. The summed E-state index contributed by atoms with van der Waals surface area (Å²) in [6.07, 6.45) is 4.76. The summed E-state index contributed by atoms with van der Waals surface area (Å²) in [5, 5.41) is 0. The van der Waals surface area contributed by atoms with Gasteiger partial charge >= 0.3 is 0 Å². The van der Waals surface area contributed by atoms with Crippen molar-refractivity contribution in [1.29, 1.82) is 0 Å². The van der Waals surface area contributed by atoms with E-state index in [1.54, 1.807) is 4.68 Å². The van der Waals surface area contributed by atoms with Gasteiger partial charge in [0.05, 0.1) is 7.05 Å². The molecule has 0 bridgehead atoms. The lowest BCUT2D eigenvalue weighted by molar-refractivity contribution is -0.678. The van der Waals surface area contributed by atoms with Crippen molar-refractivity contribution in [3.8, 4) is 0 Å². The molecular weight excluding hydrogens is 114 g/mol. The highest BCUT2D eigenvalue weighted by atomic mass is 15.3. The van der Waals surface area contributed by atoms with E-state index in [-0.39, 0.29) is 0 Å². The van der Waals surface area contributed by atoms with Gasteiger partial charge in [-0.15, -0.1) is 4.68 Å². The van der Waals surface area contributed by atoms with Crippen LogP contribution in [0.15, 0.2) is 12.4 Å². The number of hydrogen-bond donors (Lipinski definition) is 1. The minimum absolute atomic E-state index is 0.972.